The number of hydrogen-bond donors (Lipinski definition) is 2. The van der Waals surface area contributed by atoms with Gasteiger partial charge in [-0.3, -0.25) is 4.79 Å². The SMILES string of the molecule is CCOc1cc(NC2(CC(=O)O)CCCCC2)nc(C)n1. The number of rotatable bonds is 6. The Kier molecular flexibility index (Phi) is 4.98. The van der Waals surface area contributed by atoms with Crippen LogP contribution in [0, 0.1) is 6.92 Å². The van der Waals surface area contributed by atoms with Crippen molar-refractivity contribution in [1.82, 2.24) is 9.97 Å². The van der Waals surface area contributed by atoms with Gasteiger partial charge in [0.2, 0.25) is 5.88 Å². The summed E-state index contributed by atoms with van der Waals surface area (Å²) in [7, 11) is 0. The van der Waals surface area contributed by atoms with E-state index in [1.165, 1.54) is 0 Å². The third-order valence-electron chi connectivity index (χ3n) is 3.80. The van der Waals surface area contributed by atoms with Crippen molar-refractivity contribution in [2.45, 2.75) is 57.9 Å². The van der Waals surface area contributed by atoms with E-state index in [1.54, 1.807) is 13.0 Å². The van der Waals surface area contributed by atoms with Crippen molar-refractivity contribution in [1.29, 1.82) is 0 Å². The van der Waals surface area contributed by atoms with E-state index in [0.29, 0.717) is 24.1 Å². The highest BCUT2D eigenvalue weighted by Crippen LogP contribution is 2.34. The van der Waals surface area contributed by atoms with Crippen LogP contribution in [-0.4, -0.2) is 33.2 Å². The maximum atomic E-state index is 11.2. The van der Waals surface area contributed by atoms with E-state index in [-0.39, 0.29) is 6.42 Å². The highest BCUT2D eigenvalue weighted by Gasteiger charge is 2.34. The number of carbonyl (C=O) groups is 1. The van der Waals surface area contributed by atoms with Crippen molar-refractivity contribution in [2.24, 2.45) is 0 Å². The third-order valence-corrected chi connectivity index (χ3v) is 3.80. The van der Waals surface area contributed by atoms with Crippen LogP contribution in [0.3, 0.4) is 0 Å². The summed E-state index contributed by atoms with van der Waals surface area (Å²) in [6.07, 6.45) is 5.07. The molecule has 1 aliphatic rings. The number of aliphatic carboxylic acids is 1. The number of hydrogen-bond acceptors (Lipinski definition) is 5. The summed E-state index contributed by atoms with van der Waals surface area (Å²) in [6.45, 7) is 4.24. The standard InChI is InChI=1S/C15H23N3O3/c1-3-21-13-9-12(16-11(2)17-13)18-15(10-14(19)20)7-5-4-6-8-15/h9H,3-8,10H2,1-2H3,(H,19,20)(H,16,17,18). The number of carboxylic acid groups (broad SMARTS) is 1. The zero-order valence-electron chi connectivity index (χ0n) is 12.7. The lowest BCUT2D eigenvalue weighted by atomic mass is 9.79. The predicted molar refractivity (Wildman–Crippen MR) is 79.6 cm³/mol. The van der Waals surface area contributed by atoms with Crippen LogP contribution in [0.15, 0.2) is 6.07 Å². The maximum absolute atomic E-state index is 11.2. The minimum absolute atomic E-state index is 0.111. The maximum Gasteiger partial charge on any atom is 0.305 e. The molecule has 1 fully saturated rings. The van der Waals surface area contributed by atoms with E-state index < -0.39 is 11.5 Å². The van der Waals surface area contributed by atoms with Gasteiger partial charge in [-0.25, -0.2) is 4.98 Å². The van der Waals surface area contributed by atoms with Crippen molar-refractivity contribution < 1.29 is 14.6 Å². The fourth-order valence-corrected chi connectivity index (χ4v) is 2.96. The summed E-state index contributed by atoms with van der Waals surface area (Å²) >= 11 is 0. The molecule has 0 unspecified atom stereocenters. The third kappa shape index (κ3) is 4.31. The van der Waals surface area contributed by atoms with Gasteiger partial charge >= 0.3 is 5.97 Å². The van der Waals surface area contributed by atoms with Crippen LogP contribution in [0.4, 0.5) is 5.82 Å². The lowest BCUT2D eigenvalue weighted by Gasteiger charge is -2.37. The van der Waals surface area contributed by atoms with Crippen molar-refractivity contribution in [3.63, 3.8) is 0 Å². The van der Waals surface area contributed by atoms with Crippen molar-refractivity contribution in [2.75, 3.05) is 11.9 Å². The van der Waals surface area contributed by atoms with Gasteiger partial charge in [0.05, 0.1) is 13.0 Å². The molecule has 1 saturated carbocycles. The molecule has 0 saturated heterocycles. The van der Waals surface area contributed by atoms with Gasteiger partial charge in [-0.1, -0.05) is 19.3 Å². The quantitative estimate of drug-likeness (QED) is 0.839. The van der Waals surface area contributed by atoms with E-state index in [9.17, 15) is 9.90 Å². The van der Waals surface area contributed by atoms with Crippen LogP contribution >= 0.6 is 0 Å². The molecule has 2 rings (SSSR count). The highest BCUT2D eigenvalue weighted by molar-refractivity contribution is 5.69. The summed E-state index contributed by atoms with van der Waals surface area (Å²) < 4.78 is 5.42. The summed E-state index contributed by atoms with van der Waals surface area (Å²) in [6, 6.07) is 1.74. The minimum atomic E-state index is -0.778. The number of carboxylic acids is 1. The molecule has 116 valence electrons. The van der Waals surface area contributed by atoms with E-state index >= 15 is 0 Å². The summed E-state index contributed by atoms with van der Waals surface area (Å²) in [5.74, 6) is 1.01. The van der Waals surface area contributed by atoms with Crippen molar-refractivity contribution >= 4 is 11.8 Å². The molecule has 0 atom stereocenters. The second kappa shape index (κ2) is 6.74. The smallest absolute Gasteiger partial charge is 0.305 e. The van der Waals surface area contributed by atoms with Crippen LogP contribution in [0.25, 0.3) is 0 Å². The molecule has 6 nitrogen and oxygen atoms in total. The molecule has 1 aliphatic carbocycles. The van der Waals surface area contributed by atoms with E-state index in [0.717, 1.165) is 32.1 Å². The Morgan fingerprint density at radius 3 is 2.71 bits per heavy atom. The average Bonchev–Trinajstić information content (AvgIpc) is 2.38. The second-order valence-electron chi connectivity index (χ2n) is 5.61. The summed E-state index contributed by atoms with van der Waals surface area (Å²) in [4.78, 5) is 19.8. The fraction of sp³-hybridized carbons (Fsp3) is 0.667. The van der Waals surface area contributed by atoms with E-state index in [4.69, 9.17) is 4.74 Å². The van der Waals surface area contributed by atoms with E-state index in [1.807, 2.05) is 6.92 Å². The van der Waals surface area contributed by atoms with Crippen LogP contribution in [0.2, 0.25) is 0 Å². The van der Waals surface area contributed by atoms with Crippen LogP contribution in [0.5, 0.6) is 5.88 Å². The first kappa shape index (κ1) is 15.5. The predicted octanol–water partition coefficient (Wildman–Crippen LogP) is 2.77. The molecule has 21 heavy (non-hydrogen) atoms. The zero-order valence-corrected chi connectivity index (χ0v) is 12.7. The minimum Gasteiger partial charge on any atom is -0.481 e. The lowest BCUT2D eigenvalue weighted by Crippen LogP contribution is -2.42. The molecular weight excluding hydrogens is 270 g/mol. The van der Waals surface area contributed by atoms with Gasteiger partial charge in [-0.15, -0.1) is 0 Å². The Morgan fingerprint density at radius 2 is 2.10 bits per heavy atom. The molecule has 2 N–H and O–H groups in total. The fourth-order valence-electron chi connectivity index (χ4n) is 2.96. The van der Waals surface area contributed by atoms with Crippen LogP contribution in [0.1, 0.15) is 51.3 Å². The number of nitrogens with one attached hydrogen (secondary N) is 1. The summed E-state index contributed by atoms with van der Waals surface area (Å²) in [5, 5.41) is 12.6. The zero-order chi connectivity index (χ0) is 15.3. The number of nitrogens with zero attached hydrogens (tertiary/aromatic N) is 2. The normalized spacial score (nSPS) is 17.2. The van der Waals surface area contributed by atoms with Crippen LogP contribution < -0.4 is 10.1 Å². The number of aryl methyl sites for hydroxylation is 1. The van der Waals surface area contributed by atoms with Gasteiger partial charge in [0.25, 0.3) is 0 Å². The molecular formula is C15H23N3O3. The van der Waals surface area contributed by atoms with E-state index in [2.05, 4.69) is 15.3 Å². The molecule has 6 heteroatoms. The summed E-state index contributed by atoms with van der Waals surface area (Å²) in [5.41, 5.74) is -0.408. The molecule has 0 aromatic carbocycles. The number of ether oxygens (including phenoxy) is 1. The van der Waals surface area contributed by atoms with Crippen LogP contribution in [-0.2, 0) is 4.79 Å². The van der Waals surface area contributed by atoms with Gasteiger partial charge < -0.3 is 15.2 Å². The molecule has 0 amide bonds. The average molecular weight is 293 g/mol. The Morgan fingerprint density at radius 1 is 1.38 bits per heavy atom. The first-order valence-electron chi connectivity index (χ1n) is 7.51. The number of anilines is 1. The van der Waals surface area contributed by atoms with Gasteiger partial charge in [-0.2, -0.15) is 4.98 Å². The lowest BCUT2D eigenvalue weighted by molar-refractivity contribution is -0.138. The van der Waals surface area contributed by atoms with Gasteiger partial charge in [-0.05, 0) is 26.7 Å². The first-order valence-corrected chi connectivity index (χ1v) is 7.51. The first-order chi connectivity index (χ1) is 10.0. The molecule has 1 aromatic heterocycles. The van der Waals surface area contributed by atoms with Gasteiger partial charge in [0.15, 0.2) is 0 Å². The molecule has 1 aromatic rings. The molecule has 1 heterocycles. The number of aromatic nitrogens is 2. The largest absolute Gasteiger partial charge is 0.481 e. The molecule has 0 aliphatic heterocycles. The Labute approximate surface area is 124 Å². The Bertz CT molecular complexity index is 499. The van der Waals surface area contributed by atoms with Gasteiger partial charge in [0, 0.05) is 11.6 Å². The van der Waals surface area contributed by atoms with Crippen molar-refractivity contribution in [3.8, 4) is 5.88 Å². The Hall–Kier alpha value is -1.85. The van der Waals surface area contributed by atoms with Crippen molar-refractivity contribution in [3.05, 3.63) is 11.9 Å². The van der Waals surface area contributed by atoms with Gasteiger partial charge in [0.1, 0.15) is 11.6 Å². The second-order valence-corrected chi connectivity index (χ2v) is 5.61. The topological polar surface area (TPSA) is 84.3 Å². The Balaban J connectivity index is 2.21. The molecule has 0 spiro atoms. The monoisotopic (exact) mass is 293 g/mol. The molecule has 0 bridgehead atoms. The highest BCUT2D eigenvalue weighted by atomic mass is 16.5. The molecule has 0 radical (unpaired) electrons.